The molecule has 1 aromatic rings. The molecule has 0 aliphatic carbocycles. The van der Waals surface area contributed by atoms with Crippen LogP contribution in [0.2, 0.25) is 0 Å². The fraction of sp³-hybridized carbons (Fsp3) is 0.600. The van der Waals surface area contributed by atoms with Crippen LogP contribution in [0.4, 0.5) is 23.7 Å². The molecule has 2 heterocycles. The van der Waals surface area contributed by atoms with Crippen LogP contribution >= 0.6 is 0 Å². The molecule has 9 heteroatoms. The number of nitrogens with zero attached hydrogens (tertiary/aromatic N) is 3. The number of fused-ring (bicyclic) bond motifs is 1. The Morgan fingerprint density at radius 2 is 2.17 bits per heavy atom. The molecule has 2 atom stereocenters. The van der Waals surface area contributed by atoms with Gasteiger partial charge in [0.15, 0.2) is 0 Å². The summed E-state index contributed by atoms with van der Waals surface area (Å²) < 4.78 is 45.6. The zero-order chi connectivity index (χ0) is 21.2. The molecule has 6 nitrogen and oxygen atoms in total. The lowest BCUT2D eigenvalue weighted by atomic mass is 9.73. The first-order valence-electron chi connectivity index (χ1n) is 9.62. The van der Waals surface area contributed by atoms with Gasteiger partial charge in [0.1, 0.15) is 0 Å². The fourth-order valence-electron chi connectivity index (χ4n) is 4.51. The minimum atomic E-state index is -4.59. The van der Waals surface area contributed by atoms with Crippen LogP contribution in [0.25, 0.3) is 0 Å². The van der Waals surface area contributed by atoms with E-state index < -0.39 is 11.7 Å². The smallest absolute Gasteiger partial charge is 0.384 e. The van der Waals surface area contributed by atoms with Gasteiger partial charge < -0.3 is 19.9 Å². The van der Waals surface area contributed by atoms with Gasteiger partial charge in [-0.15, -0.1) is 0 Å². The van der Waals surface area contributed by atoms with Crippen molar-refractivity contribution < 1.29 is 22.7 Å². The fourth-order valence-corrected chi connectivity index (χ4v) is 4.51. The number of benzene rings is 1. The van der Waals surface area contributed by atoms with Crippen LogP contribution < -0.4 is 10.2 Å². The van der Waals surface area contributed by atoms with E-state index in [1.807, 2.05) is 11.8 Å². The number of halogens is 3. The molecule has 2 aliphatic rings. The summed E-state index contributed by atoms with van der Waals surface area (Å²) in [6.45, 7) is 5.09. The zero-order valence-electron chi connectivity index (χ0n) is 16.6. The first-order valence-corrected chi connectivity index (χ1v) is 9.62. The van der Waals surface area contributed by atoms with Gasteiger partial charge in [0.25, 0.3) is 0 Å². The maximum Gasteiger partial charge on any atom is 0.417 e. The molecule has 1 aromatic carbocycles. The van der Waals surface area contributed by atoms with Gasteiger partial charge in [0.2, 0.25) is 0 Å². The molecule has 2 aliphatic heterocycles. The van der Waals surface area contributed by atoms with Crippen LogP contribution in [-0.2, 0) is 10.9 Å². The molecule has 29 heavy (non-hydrogen) atoms. The van der Waals surface area contributed by atoms with Crippen molar-refractivity contribution in [3.8, 4) is 6.07 Å². The van der Waals surface area contributed by atoms with Crippen LogP contribution in [0.3, 0.4) is 0 Å². The molecule has 1 N–H and O–H groups in total. The molecule has 158 valence electrons. The second-order valence-corrected chi connectivity index (χ2v) is 7.74. The molecule has 0 radical (unpaired) electrons. The van der Waals surface area contributed by atoms with E-state index in [1.54, 1.807) is 24.1 Å². The highest BCUT2D eigenvalue weighted by molar-refractivity contribution is 5.74. The maximum absolute atomic E-state index is 13.4. The van der Waals surface area contributed by atoms with Crippen molar-refractivity contribution in [3.63, 3.8) is 0 Å². The van der Waals surface area contributed by atoms with E-state index in [4.69, 9.17) is 10.00 Å². The Balaban J connectivity index is 1.87. The molecule has 2 fully saturated rings. The summed E-state index contributed by atoms with van der Waals surface area (Å²) in [6, 6.07) is 5.34. The number of nitrogens with one attached hydrogen (secondary N) is 1. The number of rotatable bonds is 4. The third kappa shape index (κ3) is 4.13. The van der Waals surface area contributed by atoms with Crippen molar-refractivity contribution in [2.75, 3.05) is 51.3 Å². The van der Waals surface area contributed by atoms with Crippen LogP contribution in [0, 0.1) is 22.7 Å². The Morgan fingerprint density at radius 1 is 1.41 bits per heavy atom. The highest BCUT2D eigenvalue weighted by Crippen LogP contribution is 2.45. The van der Waals surface area contributed by atoms with Crippen LogP contribution in [-0.4, -0.2) is 57.4 Å². The SMILES string of the molecule is CCNC(=O)N1CC[C@@]2(COC)CN(c3ccc(C#N)c(C(F)(F)F)c3)C[C@H]2C1. The molecular formula is C20H25F3N4O2. The Kier molecular flexibility index (Phi) is 5.94. The van der Waals surface area contributed by atoms with E-state index in [0.29, 0.717) is 45.0 Å². The van der Waals surface area contributed by atoms with Gasteiger partial charge in [-0.1, -0.05) is 0 Å². The summed E-state index contributed by atoms with van der Waals surface area (Å²) in [5.74, 6) is 0.0868. The van der Waals surface area contributed by atoms with Gasteiger partial charge in [-0.05, 0) is 31.5 Å². The number of carbonyl (C=O) groups excluding carboxylic acids is 1. The lowest BCUT2D eigenvalue weighted by Crippen LogP contribution is -2.53. The number of piperidine rings is 1. The lowest BCUT2D eigenvalue weighted by Gasteiger charge is -2.42. The Hall–Kier alpha value is -2.47. The van der Waals surface area contributed by atoms with Gasteiger partial charge in [-0.3, -0.25) is 0 Å². The average molecular weight is 410 g/mol. The van der Waals surface area contributed by atoms with Gasteiger partial charge >= 0.3 is 12.2 Å². The van der Waals surface area contributed by atoms with Crippen molar-refractivity contribution >= 4 is 11.7 Å². The van der Waals surface area contributed by atoms with E-state index in [1.165, 1.54) is 6.07 Å². The summed E-state index contributed by atoms with van der Waals surface area (Å²) in [7, 11) is 1.62. The largest absolute Gasteiger partial charge is 0.417 e. The highest BCUT2D eigenvalue weighted by atomic mass is 19.4. The molecule has 0 unspecified atom stereocenters. The Bertz CT molecular complexity index is 808. The van der Waals surface area contributed by atoms with Crippen molar-refractivity contribution in [1.82, 2.24) is 10.2 Å². The second kappa shape index (κ2) is 8.11. The molecule has 2 saturated heterocycles. The molecule has 0 aromatic heterocycles. The minimum absolute atomic E-state index is 0.0868. The predicted molar refractivity (Wildman–Crippen MR) is 101 cm³/mol. The molecule has 2 amide bonds. The lowest BCUT2D eigenvalue weighted by molar-refractivity contribution is -0.137. The number of urea groups is 1. The number of methoxy groups -OCH3 is 1. The van der Waals surface area contributed by atoms with E-state index in [9.17, 15) is 18.0 Å². The van der Waals surface area contributed by atoms with Gasteiger partial charge in [0.05, 0.1) is 23.8 Å². The quantitative estimate of drug-likeness (QED) is 0.828. The number of likely N-dealkylation sites (tertiary alicyclic amines) is 1. The van der Waals surface area contributed by atoms with Crippen molar-refractivity contribution in [2.45, 2.75) is 19.5 Å². The molecule has 0 bridgehead atoms. The number of anilines is 1. The third-order valence-electron chi connectivity index (χ3n) is 5.97. The number of hydrogen-bond acceptors (Lipinski definition) is 4. The third-order valence-corrected chi connectivity index (χ3v) is 5.97. The van der Waals surface area contributed by atoms with E-state index in [0.717, 1.165) is 12.5 Å². The summed E-state index contributed by atoms with van der Waals surface area (Å²) >= 11 is 0. The highest BCUT2D eigenvalue weighted by Gasteiger charge is 2.50. The second-order valence-electron chi connectivity index (χ2n) is 7.74. The van der Waals surface area contributed by atoms with Gasteiger partial charge in [0, 0.05) is 56.9 Å². The minimum Gasteiger partial charge on any atom is -0.384 e. The number of nitriles is 1. The number of amides is 2. The van der Waals surface area contributed by atoms with E-state index in [2.05, 4.69) is 5.32 Å². The Morgan fingerprint density at radius 3 is 2.79 bits per heavy atom. The van der Waals surface area contributed by atoms with Crippen LogP contribution in [0.5, 0.6) is 0 Å². The summed E-state index contributed by atoms with van der Waals surface area (Å²) in [6.07, 6.45) is -3.87. The number of alkyl halides is 3. The maximum atomic E-state index is 13.4. The summed E-state index contributed by atoms with van der Waals surface area (Å²) in [5.41, 5.74) is -1.08. The van der Waals surface area contributed by atoms with Crippen molar-refractivity contribution in [3.05, 3.63) is 29.3 Å². The van der Waals surface area contributed by atoms with E-state index >= 15 is 0 Å². The number of ether oxygens (including phenoxy) is 1. The monoisotopic (exact) mass is 410 g/mol. The zero-order valence-corrected chi connectivity index (χ0v) is 16.6. The Labute approximate surface area is 168 Å². The average Bonchev–Trinajstić information content (AvgIpc) is 3.05. The van der Waals surface area contributed by atoms with Gasteiger partial charge in [-0.2, -0.15) is 18.4 Å². The summed E-state index contributed by atoms with van der Waals surface area (Å²) in [4.78, 5) is 15.9. The summed E-state index contributed by atoms with van der Waals surface area (Å²) in [5, 5.41) is 11.8. The first-order chi connectivity index (χ1) is 13.7. The molecule has 0 spiro atoms. The number of carbonyl (C=O) groups is 1. The van der Waals surface area contributed by atoms with Crippen molar-refractivity contribution in [2.24, 2.45) is 11.3 Å². The molecule has 3 rings (SSSR count). The van der Waals surface area contributed by atoms with Gasteiger partial charge in [-0.25, -0.2) is 4.79 Å². The first kappa shape index (κ1) is 21.2. The number of hydrogen-bond donors (Lipinski definition) is 1. The topological polar surface area (TPSA) is 68.6 Å². The molecule has 0 saturated carbocycles. The normalized spacial score (nSPS) is 24.2. The van der Waals surface area contributed by atoms with Crippen LogP contribution in [0.15, 0.2) is 18.2 Å². The van der Waals surface area contributed by atoms with E-state index in [-0.39, 0.29) is 22.9 Å². The molecular weight excluding hydrogens is 385 g/mol. The standard InChI is InChI=1S/C20H25F3N4O2/c1-3-25-18(28)26-7-6-19(13-29-2)12-27(11-15(19)10-26)16-5-4-14(9-24)17(8-16)20(21,22)23/h4-5,8,15H,3,6-7,10-13H2,1-2H3,(H,25,28)/t15-,19+/m1/s1. The van der Waals surface area contributed by atoms with Crippen LogP contribution in [0.1, 0.15) is 24.5 Å². The van der Waals surface area contributed by atoms with Crippen molar-refractivity contribution in [1.29, 1.82) is 5.26 Å². The predicted octanol–water partition coefficient (Wildman–Crippen LogP) is 3.08.